The van der Waals surface area contributed by atoms with E-state index in [9.17, 15) is 23.5 Å². The third-order valence-corrected chi connectivity index (χ3v) is 1.84. The van der Waals surface area contributed by atoms with Gasteiger partial charge in [0.25, 0.3) is 5.92 Å². The molecule has 0 aromatic rings. The van der Waals surface area contributed by atoms with Crippen LogP contribution in [0.15, 0.2) is 0 Å². The second-order valence-electron chi connectivity index (χ2n) is 4.69. The van der Waals surface area contributed by atoms with Crippen molar-refractivity contribution in [2.45, 2.75) is 39.2 Å². The molecule has 100 valence electrons. The Labute approximate surface area is 127 Å². The maximum absolute atomic E-state index is 12.9. The predicted molar refractivity (Wildman–Crippen MR) is 53.4 cm³/mol. The summed E-state index contributed by atoms with van der Waals surface area (Å²) in [5.41, 5.74) is -0.746. The average Bonchev–Trinajstić information content (AvgIpc) is 2.10. The van der Waals surface area contributed by atoms with Crippen LogP contribution in [0.3, 0.4) is 0 Å². The molecule has 0 fully saturated rings. The van der Waals surface area contributed by atoms with E-state index in [4.69, 9.17) is 4.74 Å². The quantitative estimate of drug-likeness (QED) is 0.577. The first-order valence-electron chi connectivity index (χ1n) is 5.03. The molecule has 0 aliphatic heterocycles. The summed E-state index contributed by atoms with van der Waals surface area (Å²) < 4.78 is 30.6. The van der Waals surface area contributed by atoms with Gasteiger partial charge in [-0.25, -0.2) is 4.79 Å². The number of nitrogens with one attached hydrogen (secondary N) is 1. The van der Waals surface area contributed by atoms with Gasteiger partial charge in [0.05, 0.1) is 0 Å². The smallest absolute Gasteiger partial charge is 0.544 e. The van der Waals surface area contributed by atoms with Crippen LogP contribution in [0, 0.1) is 5.92 Å². The molecule has 0 aliphatic carbocycles. The van der Waals surface area contributed by atoms with Gasteiger partial charge >= 0.3 is 35.7 Å². The van der Waals surface area contributed by atoms with Crippen LogP contribution in [0.1, 0.15) is 27.7 Å². The number of halogens is 2. The van der Waals surface area contributed by atoms with Gasteiger partial charge in [0, 0.05) is 12.5 Å². The topological polar surface area (TPSA) is 78.5 Å². The molecular formula is C10H16F2NNaO4. The summed E-state index contributed by atoms with van der Waals surface area (Å²) in [6.45, 7) is 5.33. The molecular weight excluding hydrogens is 259 g/mol. The van der Waals surface area contributed by atoms with Gasteiger partial charge in [-0.3, -0.25) is 0 Å². The molecule has 1 N–H and O–H groups in total. The van der Waals surface area contributed by atoms with Crippen molar-refractivity contribution in [3.8, 4) is 0 Å². The first-order chi connectivity index (χ1) is 7.47. The van der Waals surface area contributed by atoms with Gasteiger partial charge in [-0.1, -0.05) is 6.92 Å². The van der Waals surface area contributed by atoms with Crippen molar-refractivity contribution >= 4 is 12.1 Å². The summed E-state index contributed by atoms with van der Waals surface area (Å²) in [4.78, 5) is 21.2. The fourth-order valence-electron chi connectivity index (χ4n) is 0.880. The molecule has 0 bridgehead atoms. The normalized spacial score (nSPS) is 13.2. The Kier molecular flexibility index (Phi) is 8.03. The van der Waals surface area contributed by atoms with Crippen molar-refractivity contribution in [3.05, 3.63) is 0 Å². The van der Waals surface area contributed by atoms with Gasteiger partial charge in [0.2, 0.25) is 0 Å². The van der Waals surface area contributed by atoms with Crippen molar-refractivity contribution in [3.63, 3.8) is 0 Å². The van der Waals surface area contributed by atoms with Crippen molar-refractivity contribution in [2.75, 3.05) is 6.54 Å². The average molecular weight is 275 g/mol. The first-order valence-corrected chi connectivity index (χ1v) is 5.03. The second-order valence-corrected chi connectivity index (χ2v) is 4.69. The number of carbonyl (C=O) groups is 2. The van der Waals surface area contributed by atoms with E-state index in [-0.39, 0.29) is 29.6 Å². The van der Waals surface area contributed by atoms with Gasteiger partial charge in [-0.05, 0) is 20.8 Å². The van der Waals surface area contributed by atoms with Gasteiger partial charge in [-0.15, -0.1) is 0 Å². The Bertz CT molecular complexity index is 305. The number of carbonyl (C=O) groups excluding carboxylic acids is 2. The maximum Gasteiger partial charge on any atom is 1.00 e. The van der Waals surface area contributed by atoms with Crippen LogP contribution in [-0.4, -0.2) is 30.1 Å². The predicted octanol–water partition coefficient (Wildman–Crippen LogP) is -2.46. The molecule has 18 heavy (non-hydrogen) atoms. The van der Waals surface area contributed by atoms with Crippen LogP contribution in [0.5, 0.6) is 0 Å². The molecule has 0 saturated carbocycles. The van der Waals surface area contributed by atoms with Crippen LogP contribution in [-0.2, 0) is 9.53 Å². The van der Waals surface area contributed by atoms with E-state index in [1.807, 2.05) is 0 Å². The second kappa shape index (κ2) is 7.25. The first kappa shape index (κ1) is 19.9. The molecule has 0 aliphatic rings. The number of alkyl halides is 2. The minimum absolute atomic E-state index is 0. The molecule has 1 amide bonds. The molecule has 1 atom stereocenters. The SMILES string of the molecule is CC(CNC(=O)OC(C)(C)C)C(F)(F)C(=O)[O-].[Na+]. The summed E-state index contributed by atoms with van der Waals surface area (Å²) in [5, 5.41) is 12.2. The molecule has 1 unspecified atom stereocenters. The number of rotatable bonds is 4. The number of alkyl carbamates (subject to hydrolysis) is 1. The number of ether oxygens (including phenoxy) is 1. The zero-order valence-electron chi connectivity index (χ0n) is 11.2. The number of aliphatic carboxylic acids is 1. The standard InChI is InChI=1S/C10H17F2NO4.Na/c1-6(10(11,12)7(14)15)5-13-8(16)17-9(2,3)4;/h6H,5H2,1-4H3,(H,13,16)(H,14,15);/q;+1/p-1. The number of hydrogen-bond acceptors (Lipinski definition) is 4. The van der Waals surface area contributed by atoms with E-state index in [2.05, 4.69) is 5.32 Å². The Balaban J connectivity index is 0. The zero-order valence-corrected chi connectivity index (χ0v) is 13.2. The molecule has 0 radical (unpaired) electrons. The molecule has 0 aromatic heterocycles. The van der Waals surface area contributed by atoms with Crippen molar-refractivity contribution in [2.24, 2.45) is 5.92 Å². The summed E-state index contributed by atoms with van der Waals surface area (Å²) in [6.07, 6.45) is -0.876. The summed E-state index contributed by atoms with van der Waals surface area (Å²) in [7, 11) is 0. The van der Waals surface area contributed by atoms with Crippen LogP contribution < -0.4 is 40.0 Å². The Hall–Kier alpha value is -0.400. The van der Waals surface area contributed by atoms with Gasteiger partial charge in [0.1, 0.15) is 11.6 Å². The van der Waals surface area contributed by atoms with E-state index in [0.717, 1.165) is 6.92 Å². The molecule has 0 rings (SSSR count). The number of amides is 1. The van der Waals surface area contributed by atoms with Gasteiger partial charge < -0.3 is 20.0 Å². The van der Waals surface area contributed by atoms with E-state index >= 15 is 0 Å². The summed E-state index contributed by atoms with van der Waals surface area (Å²) in [5.74, 6) is -8.04. The van der Waals surface area contributed by atoms with Gasteiger partial charge in [0.15, 0.2) is 0 Å². The number of carboxylic acid groups (broad SMARTS) is 1. The summed E-state index contributed by atoms with van der Waals surface area (Å²) in [6, 6.07) is 0. The third-order valence-electron chi connectivity index (χ3n) is 1.84. The van der Waals surface area contributed by atoms with Gasteiger partial charge in [-0.2, -0.15) is 8.78 Å². The van der Waals surface area contributed by atoms with Crippen LogP contribution >= 0.6 is 0 Å². The number of carboxylic acids is 1. The zero-order chi connectivity index (χ0) is 13.9. The maximum atomic E-state index is 12.9. The molecule has 5 nitrogen and oxygen atoms in total. The van der Waals surface area contributed by atoms with Crippen LogP contribution in [0.25, 0.3) is 0 Å². The summed E-state index contributed by atoms with van der Waals surface area (Å²) >= 11 is 0. The molecule has 0 saturated heterocycles. The Morgan fingerprint density at radius 1 is 1.33 bits per heavy atom. The number of hydrogen-bond donors (Lipinski definition) is 1. The molecule has 0 heterocycles. The van der Waals surface area contributed by atoms with E-state index in [1.54, 1.807) is 20.8 Å². The van der Waals surface area contributed by atoms with E-state index < -0.39 is 36.0 Å². The fourth-order valence-corrected chi connectivity index (χ4v) is 0.880. The molecule has 8 heteroatoms. The third kappa shape index (κ3) is 7.13. The van der Waals surface area contributed by atoms with Crippen molar-refractivity contribution in [1.29, 1.82) is 0 Å². The molecule has 0 spiro atoms. The van der Waals surface area contributed by atoms with Crippen molar-refractivity contribution < 1.29 is 57.8 Å². The van der Waals surface area contributed by atoms with E-state index in [1.165, 1.54) is 0 Å². The van der Waals surface area contributed by atoms with Crippen LogP contribution in [0.4, 0.5) is 13.6 Å². The molecule has 0 aromatic carbocycles. The Morgan fingerprint density at radius 2 is 1.78 bits per heavy atom. The minimum Gasteiger partial charge on any atom is -0.544 e. The van der Waals surface area contributed by atoms with Crippen LogP contribution in [0.2, 0.25) is 0 Å². The largest absolute Gasteiger partial charge is 1.00 e. The Morgan fingerprint density at radius 3 is 2.11 bits per heavy atom. The minimum atomic E-state index is -3.99. The van der Waals surface area contributed by atoms with E-state index in [0.29, 0.717) is 0 Å². The monoisotopic (exact) mass is 275 g/mol. The fraction of sp³-hybridized carbons (Fsp3) is 0.800. The van der Waals surface area contributed by atoms with Crippen molar-refractivity contribution in [1.82, 2.24) is 5.32 Å².